The van der Waals surface area contributed by atoms with Crippen molar-refractivity contribution >= 4 is 21.8 Å². The van der Waals surface area contributed by atoms with Gasteiger partial charge in [-0.1, -0.05) is 12.1 Å². The van der Waals surface area contributed by atoms with E-state index in [4.69, 9.17) is 9.47 Å². The van der Waals surface area contributed by atoms with Crippen LogP contribution in [0.5, 0.6) is 5.75 Å². The molecule has 1 aliphatic heterocycles. The summed E-state index contributed by atoms with van der Waals surface area (Å²) in [5.41, 5.74) is 1.29. The lowest BCUT2D eigenvalue weighted by Crippen LogP contribution is -2.53. The first-order valence-corrected chi connectivity index (χ1v) is 11.7. The van der Waals surface area contributed by atoms with Gasteiger partial charge >= 0.3 is 11.8 Å². The van der Waals surface area contributed by atoms with Gasteiger partial charge < -0.3 is 20.1 Å². The second-order valence-electron chi connectivity index (χ2n) is 7.45. The van der Waals surface area contributed by atoms with Gasteiger partial charge in [-0.3, -0.25) is 9.59 Å². The molecule has 9 nitrogen and oxygen atoms in total. The van der Waals surface area contributed by atoms with Crippen molar-refractivity contribution in [2.75, 3.05) is 26.8 Å². The third-order valence-corrected chi connectivity index (χ3v) is 7.02. The lowest BCUT2D eigenvalue weighted by Gasteiger charge is -2.34. The molecule has 11 heteroatoms. The number of benzene rings is 2. The van der Waals surface area contributed by atoms with Crippen LogP contribution in [0.3, 0.4) is 0 Å². The number of nitrogens with one attached hydrogen (secondary N) is 2. The highest BCUT2D eigenvalue weighted by atomic mass is 32.2. The number of ether oxygens (including phenoxy) is 2. The molecule has 1 aliphatic rings. The zero-order chi connectivity index (χ0) is 24.0. The highest BCUT2D eigenvalue weighted by Crippen LogP contribution is 2.26. The van der Waals surface area contributed by atoms with Gasteiger partial charge in [-0.2, -0.15) is 4.31 Å². The van der Waals surface area contributed by atoms with Crippen molar-refractivity contribution in [2.45, 2.75) is 31.0 Å². The number of sulfonamides is 1. The Hall–Kier alpha value is -3.02. The summed E-state index contributed by atoms with van der Waals surface area (Å²) in [6.07, 6.45) is -0.461. The van der Waals surface area contributed by atoms with Crippen LogP contribution < -0.4 is 15.4 Å². The van der Waals surface area contributed by atoms with E-state index in [9.17, 15) is 22.4 Å². The molecule has 3 rings (SSSR count). The first kappa shape index (κ1) is 24.6. The van der Waals surface area contributed by atoms with Gasteiger partial charge in [-0.25, -0.2) is 12.8 Å². The lowest BCUT2D eigenvalue weighted by molar-refractivity contribution is -0.140. The molecule has 0 saturated carbocycles. The maximum atomic E-state index is 13.2. The van der Waals surface area contributed by atoms with E-state index in [1.54, 1.807) is 13.0 Å². The average molecular weight is 480 g/mol. The molecule has 2 aromatic rings. The fourth-order valence-electron chi connectivity index (χ4n) is 3.37. The van der Waals surface area contributed by atoms with Gasteiger partial charge in [0, 0.05) is 13.1 Å². The molecule has 1 heterocycles. The van der Waals surface area contributed by atoms with Crippen LogP contribution in [-0.2, 0) is 30.9 Å². The highest BCUT2D eigenvalue weighted by Gasteiger charge is 2.35. The number of amides is 2. The Balaban J connectivity index is 1.61. The van der Waals surface area contributed by atoms with E-state index in [-0.39, 0.29) is 24.5 Å². The van der Waals surface area contributed by atoms with Crippen molar-refractivity contribution in [1.29, 1.82) is 0 Å². The summed E-state index contributed by atoms with van der Waals surface area (Å²) < 4.78 is 51.3. The van der Waals surface area contributed by atoms with Crippen LogP contribution in [0.15, 0.2) is 47.4 Å². The Bertz CT molecular complexity index is 1110. The minimum absolute atomic E-state index is 0.0454. The Morgan fingerprint density at radius 2 is 1.85 bits per heavy atom. The molecule has 1 fully saturated rings. The number of methoxy groups -OCH3 is 1. The Morgan fingerprint density at radius 3 is 2.52 bits per heavy atom. The quantitative estimate of drug-likeness (QED) is 0.579. The first-order valence-electron chi connectivity index (χ1n) is 10.3. The highest BCUT2D eigenvalue weighted by molar-refractivity contribution is 7.89. The van der Waals surface area contributed by atoms with E-state index in [0.717, 1.165) is 0 Å². The number of rotatable bonds is 7. The van der Waals surface area contributed by atoms with Crippen LogP contribution in [0.2, 0.25) is 0 Å². The van der Waals surface area contributed by atoms with E-state index in [0.29, 0.717) is 29.9 Å². The SMILES string of the molecule is COc1ccc(S(=O)(=O)N2CCCOC2CNC(=O)C(=O)NCc2ccc(F)cc2)cc1C. The molecular formula is C22H26FN3O6S. The van der Waals surface area contributed by atoms with Crippen molar-refractivity contribution in [3.63, 3.8) is 0 Å². The summed E-state index contributed by atoms with van der Waals surface area (Å²) in [4.78, 5) is 24.3. The van der Waals surface area contributed by atoms with Crippen molar-refractivity contribution < 1.29 is 31.9 Å². The fourth-order valence-corrected chi connectivity index (χ4v) is 5.03. The predicted octanol–water partition coefficient (Wildman–Crippen LogP) is 1.31. The standard InChI is InChI=1S/C22H26FN3O6S/c1-15-12-18(8-9-19(15)31-2)33(29,30)26-10-3-11-32-20(26)14-25-22(28)21(27)24-13-16-4-6-17(23)7-5-16/h4-9,12,20H,3,10-11,13-14H2,1-2H3,(H,24,27)(H,25,28). The predicted molar refractivity (Wildman–Crippen MR) is 117 cm³/mol. The van der Waals surface area contributed by atoms with Gasteiger partial charge in [-0.15, -0.1) is 0 Å². The number of carbonyl (C=O) groups excluding carboxylic acids is 2. The third kappa shape index (κ3) is 6.06. The topological polar surface area (TPSA) is 114 Å². The molecule has 2 N–H and O–H groups in total. The third-order valence-electron chi connectivity index (χ3n) is 5.14. The Morgan fingerprint density at radius 1 is 1.15 bits per heavy atom. The number of carbonyl (C=O) groups is 2. The zero-order valence-electron chi connectivity index (χ0n) is 18.3. The molecule has 0 aromatic heterocycles. The molecule has 0 spiro atoms. The van der Waals surface area contributed by atoms with E-state index < -0.39 is 33.9 Å². The molecule has 178 valence electrons. The minimum Gasteiger partial charge on any atom is -0.496 e. The largest absolute Gasteiger partial charge is 0.496 e. The van der Waals surface area contributed by atoms with E-state index >= 15 is 0 Å². The van der Waals surface area contributed by atoms with Crippen molar-refractivity contribution in [2.24, 2.45) is 0 Å². The van der Waals surface area contributed by atoms with Gasteiger partial charge in [0.1, 0.15) is 17.8 Å². The normalized spacial score (nSPS) is 16.8. The molecular weight excluding hydrogens is 453 g/mol. The molecule has 2 amide bonds. The van der Waals surface area contributed by atoms with Gasteiger partial charge in [0.25, 0.3) is 0 Å². The summed E-state index contributed by atoms with van der Waals surface area (Å²) >= 11 is 0. The average Bonchev–Trinajstić information content (AvgIpc) is 2.82. The molecule has 1 saturated heterocycles. The Labute approximate surface area is 191 Å². The summed E-state index contributed by atoms with van der Waals surface area (Å²) in [6.45, 7) is 2.13. The van der Waals surface area contributed by atoms with Gasteiger partial charge in [-0.05, 0) is 54.8 Å². The molecule has 2 aromatic carbocycles. The summed E-state index contributed by atoms with van der Waals surface area (Å²) in [5, 5.41) is 4.85. The van der Waals surface area contributed by atoms with E-state index in [1.165, 1.54) is 47.8 Å². The monoisotopic (exact) mass is 479 g/mol. The number of hydrogen-bond donors (Lipinski definition) is 2. The van der Waals surface area contributed by atoms with Crippen LogP contribution in [-0.4, -0.2) is 57.6 Å². The Kier molecular flexibility index (Phi) is 8.01. The number of halogens is 1. The van der Waals surface area contributed by atoms with Crippen LogP contribution in [0.1, 0.15) is 17.5 Å². The molecule has 0 radical (unpaired) electrons. The minimum atomic E-state index is -3.91. The van der Waals surface area contributed by atoms with Gasteiger partial charge in [0.2, 0.25) is 10.0 Å². The van der Waals surface area contributed by atoms with Crippen LogP contribution in [0.4, 0.5) is 4.39 Å². The fraction of sp³-hybridized carbons (Fsp3) is 0.364. The second kappa shape index (κ2) is 10.7. The number of hydrogen-bond acceptors (Lipinski definition) is 6. The smallest absolute Gasteiger partial charge is 0.309 e. The number of nitrogens with zero attached hydrogens (tertiary/aromatic N) is 1. The summed E-state index contributed by atoms with van der Waals surface area (Å²) in [6, 6.07) is 10.0. The van der Waals surface area contributed by atoms with Crippen molar-refractivity contribution in [3.8, 4) is 5.75 Å². The second-order valence-corrected chi connectivity index (χ2v) is 9.34. The molecule has 33 heavy (non-hydrogen) atoms. The maximum Gasteiger partial charge on any atom is 0.309 e. The molecule has 0 aliphatic carbocycles. The van der Waals surface area contributed by atoms with E-state index in [2.05, 4.69) is 10.6 Å². The first-order chi connectivity index (χ1) is 15.7. The molecule has 1 unspecified atom stereocenters. The van der Waals surface area contributed by atoms with Crippen LogP contribution in [0.25, 0.3) is 0 Å². The van der Waals surface area contributed by atoms with E-state index in [1.807, 2.05) is 0 Å². The van der Waals surface area contributed by atoms with Crippen LogP contribution in [0, 0.1) is 12.7 Å². The maximum absolute atomic E-state index is 13.2. The lowest BCUT2D eigenvalue weighted by atomic mass is 10.2. The van der Waals surface area contributed by atoms with Crippen LogP contribution >= 0.6 is 0 Å². The van der Waals surface area contributed by atoms with Crippen molar-refractivity contribution in [1.82, 2.24) is 14.9 Å². The summed E-state index contributed by atoms with van der Waals surface area (Å²) in [7, 11) is -2.40. The summed E-state index contributed by atoms with van der Waals surface area (Å²) in [5.74, 6) is -1.65. The molecule has 1 atom stereocenters. The molecule has 0 bridgehead atoms. The van der Waals surface area contributed by atoms with Gasteiger partial charge in [0.15, 0.2) is 0 Å². The number of aryl methyl sites for hydroxylation is 1. The zero-order valence-corrected chi connectivity index (χ0v) is 19.2. The van der Waals surface area contributed by atoms with Crippen molar-refractivity contribution in [3.05, 3.63) is 59.4 Å². The van der Waals surface area contributed by atoms with Gasteiger partial charge in [0.05, 0.1) is 25.2 Å².